The third kappa shape index (κ3) is 1.68. The highest BCUT2D eigenvalue weighted by molar-refractivity contribution is 5.69. The van der Waals surface area contributed by atoms with Crippen LogP contribution in [0.5, 0.6) is 0 Å². The van der Waals surface area contributed by atoms with E-state index in [4.69, 9.17) is 4.74 Å². The van der Waals surface area contributed by atoms with E-state index in [0.29, 0.717) is 26.1 Å². The molecule has 1 aliphatic heterocycles. The number of hydrogen-bond donors (Lipinski definition) is 1. The molecule has 21 heavy (non-hydrogen) atoms. The van der Waals surface area contributed by atoms with Crippen molar-refractivity contribution in [2.24, 2.45) is 0 Å². The van der Waals surface area contributed by atoms with Gasteiger partial charge in [-0.1, -0.05) is 6.92 Å². The Hall–Kier alpha value is -1.57. The van der Waals surface area contributed by atoms with E-state index in [1.54, 1.807) is 12.5 Å². The molecule has 2 unspecified atom stereocenters. The molecule has 7 heteroatoms. The summed E-state index contributed by atoms with van der Waals surface area (Å²) in [4.78, 5) is 15.1. The predicted octanol–water partition coefficient (Wildman–Crippen LogP) is 0.356. The Morgan fingerprint density at radius 1 is 1.33 bits per heavy atom. The van der Waals surface area contributed by atoms with Crippen LogP contribution in [0.2, 0.25) is 0 Å². The second-order valence-electron chi connectivity index (χ2n) is 5.82. The van der Waals surface area contributed by atoms with Gasteiger partial charge in [-0.2, -0.15) is 0 Å². The standard InChI is InChI=1S/C14H19N5O2/c1-2-13(20)8-14(13,18-3-5-21-6-4-18)19-10-17-11-7-15-9-16-12(11)19/h7,9-10,20H,2-6,8H2,1H3. The van der Waals surface area contributed by atoms with E-state index in [9.17, 15) is 5.11 Å². The SMILES string of the molecule is CCC1(O)CC1(N1CCOCC1)n1cnc2cncnc21. The highest BCUT2D eigenvalue weighted by Crippen LogP contribution is 2.59. The van der Waals surface area contributed by atoms with Gasteiger partial charge >= 0.3 is 0 Å². The van der Waals surface area contributed by atoms with Crippen molar-refractivity contribution >= 4 is 11.2 Å². The van der Waals surface area contributed by atoms with Crippen molar-refractivity contribution in [2.45, 2.75) is 31.0 Å². The maximum absolute atomic E-state index is 11.0. The summed E-state index contributed by atoms with van der Waals surface area (Å²) in [5.74, 6) is 0. The molecule has 2 aromatic rings. The summed E-state index contributed by atoms with van der Waals surface area (Å²) in [6.07, 6.45) is 6.42. The van der Waals surface area contributed by atoms with Gasteiger partial charge in [0.25, 0.3) is 0 Å². The third-order valence-electron chi connectivity index (χ3n) is 4.89. The second-order valence-corrected chi connectivity index (χ2v) is 5.82. The molecule has 0 bridgehead atoms. The summed E-state index contributed by atoms with van der Waals surface area (Å²) in [5.41, 5.74) is 0.355. The van der Waals surface area contributed by atoms with E-state index in [-0.39, 0.29) is 0 Å². The van der Waals surface area contributed by atoms with Crippen molar-refractivity contribution in [2.75, 3.05) is 26.3 Å². The molecule has 0 radical (unpaired) electrons. The van der Waals surface area contributed by atoms with Crippen molar-refractivity contribution in [1.82, 2.24) is 24.4 Å². The van der Waals surface area contributed by atoms with Gasteiger partial charge in [0, 0.05) is 19.5 Å². The first-order chi connectivity index (χ1) is 10.2. The third-order valence-corrected chi connectivity index (χ3v) is 4.89. The Bertz CT molecular complexity index is 668. The number of aromatic nitrogens is 4. The molecule has 0 aromatic carbocycles. The fourth-order valence-corrected chi connectivity index (χ4v) is 3.61. The molecule has 2 atom stereocenters. The second kappa shape index (κ2) is 4.46. The Labute approximate surface area is 122 Å². The molecule has 1 N–H and O–H groups in total. The quantitative estimate of drug-likeness (QED) is 0.879. The first-order valence-electron chi connectivity index (χ1n) is 7.40. The van der Waals surface area contributed by atoms with Gasteiger partial charge in [0.15, 0.2) is 5.65 Å². The summed E-state index contributed by atoms with van der Waals surface area (Å²) in [6.45, 7) is 5.04. The molecule has 0 amide bonds. The van der Waals surface area contributed by atoms with Crippen molar-refractivity contribution < 1.29 is 9.84 Å². The van der Waals surface area contributed by atoms with Crippen LogP contribution < -0.4 is 0 Å². The fourth-order valence-electron chi connectivity index (χ4n) is 3.61. The first kappa shape index (κ1) is 13.1. The number of aliphatic hydroxyl groups is 1. The lowest BCUT2D eigenvalue weighted by Crippen LogP contribution is -2.51. The smallest absolute Gasteiger partial charge is 0.164 e. The van der Waals surface area contributed by atoms with Gasteiger partial charge in [0.2, 0.25) is 0 Å². The molecule has 112 valence electrons. The molecule has 1 saturated carbocycles. The molecule has 2 aliphatic rings. The zero-order valence-corrected chi connectivity index (χ0v) is 12.1. The summed E-state index contributed by atoms with van der Waals surface area (Å²) in [7, 11) is 0. The minimum absolute atomic E-state index is 0.450. The highest BCUT2D eigenvalue weighted by Gasteiger charge is 2.71. The van der Waals surface area contributed by atoms with E-state index < -0.39 is 11.3 Å². The molecule has 1 aliphatic carbocycles. The van der Waals surface area contributed by atoms with Crippen LogP contribution in [-0.2, 0) is 10.4 Å². The van der Waals surface area contributed by atoms with Crippen molar-refractivity contribution in [3.8, 4) is 0 Å². The van der Waals surface area contributed by atoms with Crippen LogP contribution in [0.25, 0.3) is 11.2 Å². The fraction of sp³-hybridized carbons (Fsp3) is 0.643. The number of ether oxygens (including phenoxy) is 1. The van der Waals surface area contributed by atoms with E-state index in [2.05, 4.69) is 19.9 Å². The maximum atomic E-state index is 11.0. The minimum atomic E-state index is -0.733. The molecule has 3 heterocycles. The Morgan fingerprint density at radius 2 is 2.14 bits per heavy atom. The molecule has 7 nitrogen and oxygen atoms in total. The topological polar surface area (TPSA) is 76.3 Å². The van der Waals surface area contributed by atoms with E-state index in [1.807, 2.05) is 11.5 Å². The molecular weight excluding hydrogens is 270 g/mol. The predicted molar refractivity (Wildman–Crippen MR) is 75.5 cm³/mol. The van der Waals surface area contributed by atoms with Crippen LogP contribution in [-0.4, -0.2) is 61.4 Å². The molecule has 0 spiro atoms. The molecular formula is C14H19N5O2. The molecule has 2 fully saturated rings. The van der Waals surface area contributed by atoms with Crippen LogP contribution in [0, 0.1) is 0 Å². The lowest BCUT2D eigenvalue weighted by molar-refractivity contribution is -0.0512. The molecule has 2 aromatic heterocycles. The van der Waals surface area contributed by atoms with Gasteiger partial charge in [-0.25, -0.2) is 15.0 Å². The number of hydrogen-bond acceptors (Lipinski definition) is 6. The van der Waals surface area contributed by atoms with Crippen molar-refractivity contribution in [3.05, 3.63) is 18.9 Å². The number of morpholine rings is 1. The van der Waals surface area contributed by atoms with E-state index in [0.717, 1.165) is 24.3 Å². The van der Waals surface area contributed by atoms with Gasteiger partial charge in [-0.05, 0) is 6.42 Å². The van der Waals surface area contributed by atoms with Crippen molar-refractivity contribution in [1.29, 1.82) is 0 Å². The van der Waals surface area contributed by atoms with Crippen LogP contribution in [0.4, 0.5) is 0 Å². The molecule has 4 rings (SSSR count). The normalized spacial score (nSPS) is 33.4. The van der Waals surface area contributed by atoms with Crippen molar-refractivity contribution in [3.63, 3.8) is 0 Å². The van der Waals surface area contributed by atoms with Crippen LogP contribution in [0.15, 0.2) is 18.9 Å². The van der Waals surface area contributed by atoms with Crippen LogP contribution in [0.3, 0.4) is 0 Å². The van der Waals surface area contributed by atoms with Crippen LogP contribution >= 0.6 is 0 Å². The maximum Gasteiger partial charge on any atom is 0.164 e. The lowest BCUT2D eigenvalue weighted by atomic mass is 10.1. The minimum Gasteiger partial charge on any atom is -0.386 e. The number of fused-ring (bicyclic) bond motifs is 1. The lowest BCUT2D eigenvalue weighted by Gasteiger charge is -2.38. The Morgan fingerprint density at radius 3 is 2.86 bits per heavy atom. The zero-order chi connectivity index (χ0) is 14.5. The largest absolute Gasteiger partial charge is 0.386 e. The summed E-state index contributed by atoms with van der Waals surface area (Å²) in [6, 6.07) is 0. The van der Waals surface area contributed by atoms with Crippen LogP contribution in [0.1, 0.15) is 19.8 Å². The monoisotopic (exact) mass is 289 g/mol. The number of rotatable bonds is 3. The van der Waals surface area contributed by atoms with Gasteiger partial charge in [0.05, 0.1) is 25.7 Å². The zero-order valence-electron chi connectivity index (χ0n) is 12.1. The number of nitrogens with zero attached hydrogens (tertiary/aromatic N) is 5. The average molecular weight is 289 g/mol. The van der Waals surface area contributed by atoms with Gasteiger partial charge in [0.1, 0.15) is 23.1 Å². The molecule has 1 saturated heterocycles. The van der Waals surface area contributed by atoms with E-state index >= 15 is 0 Å². The number of imidazole rings is 1. The highest BCUT2D eigenvalue weighted by atomic mass is 16.5. The van der Waals surface area contributed by atoms with Gasteiger partial charge < -0.3 is 9.84 Å². The average Bonchev–Trinajstić information content (AvgIpc) is 2.96. The Balaban J connectivity index is 1.84. The van der Waals surface area contributed by atoms with Gasteiger partial charge in [-0.3, -0.25) is 9.47 Å². The summed E-state index contributed by atoms with van der Waals surface area (Å²) < 4.78 is 7.48. The Kier molecular flexibility index (Phi) is 2.79. The van der Waals surface area contributed by atoms with Gasteiger partial charge in [-0.15, -0.1) is 0 Å². The van der Waals surface area contributed by atoms with E-state index in [1.165, 1.54) is 6.33 Å². The summed E-state index contributed by atoms with van der Waals surface area (Å²) >= 11 is 0. The first-order valence-corrected chi connectivity index (χ1v) is 7.40. The summed E-state index contributed by atoms with van der Waals surface area (Å²) in [5, 5.41) is 11.0.